The Bertz CT molecular complexity index is 690. The Labute approximate surface area is 125 Å². The molecule has 0 aromatic carbocycles. The van der Waals surface area contributed by atoms with Crippen molar-refractivity contribution in [3.05, 3.63) is 29.1 Å². The van der Waals surface area contributed by atoms with Crippen molar-refractivity contribution in [2.45, 2.75) is 12.5 Å². The van der Waals surface area contributed by atoms with Crippen LogP contribution < -0.4 is 0 Å². The molecule has 20 heavy (non-hydrogen) atoms. The molecule has 0 radical (unpaired) electrons. The molecule has 8 heteroatoms. The Morgan fingerprint density at radius 1 is 1.50 bits per heavy atom. The number of thiocarbonyl (C=S) groups is 1. The molecule has 0 aliphatic carbocycles. The number of carbonyl (C=O) groups excluding carboxylic acids is 1. The second-order valence-corrected chi connectivity index (χ2v) is 8.53. The summed E-state index contributed by atoms with van der Waals surface area (Å²) in [7, 11) is -3.05. The highest BCUT2D eigenvalue weighted by Gasteiger charge is 2.42. The van der Waals surface area contributed by atoms with E-state index in [1.807, 2.05) is 0 Å². The number of nitrogens with zero attached hydrogens (tertiary/aromatic N) is 1. The van der Waals surface area contributed by atoms with E-state index in [1.54, 1.807) is 18.2 Å². The fourth-order valence-electron chi connectivity index (χ4n) is 2.28. The Balaban J connectivity index is 1.85. The lowest BCUT2D eigenvalue weighted by atomic mass is 10.2. The van der Waals surface area contributed by atoms with Crippen LogP contribution in [0.5, 0.6) is 0 Å². The first-order valence-corrected chi connectivity index (χ1v) is 9.02. The summed E-state index contributed by atoms with van der Waals surface area (Å²) in [6, 6.07) is 3.14. The Hall–Kier alpha value is -1.12. The van der Waals surface area contributed by atoms with Gasteiger partial charge in [0.1, 0.15) is 10.1 Å². The van der Waals surface area contributed by atoms with Gasteiger partial charge in [-0.3, -0.25) is 9.69 Å². The van der Waals surface area contributed by atoms with Crippen molar-refractivity contribution in [2.75, 3.05) is 11.5 Å². The van der Waals surface area contributed by atoms with E-state index in [0.717, 1.165) is 0 Å². The molecule has 3 heterocycles. The standard InChI is InChI=1S/C12H11NO4S3/c14-11-10(6-9-2-1-4-17-9)19-12(18)13(11)8-3-5-20(15,16)7-8/h1-2,4,6,8H,3,5,7H2/b10-6+/t8-/m0/s1. The van der Waals surface area contributed by atoms with Gasteiger partial charge in [0, 0.05) is 6.08 Å². The van der Waals surface area contributed by atoms with Crippen LogP contribution in [0.1, 0.15) is 12.2 Å². The lowest BCUT2D eigenvalue weighted by Crippen LogP contribution is -2.39. The molecule has 0 N–H and O–H groups in total. The third-order valence-electron chi connectivity index (χ3n) is 3.21. The molecule has 1 amide bonds. The molecule has 1 aromatic heterocycles. The summed E-state index contributed by atoms with van der Waals surface area (Å²) in [5.74, 6) is 0.447. The fraction of sp³-hybridized carbons (Fsp3) is 0.333. The zero-order valence-electron chi connectivity index (χ0n) is 10.3. The molecule has 2 saturated heterocycles. The van der Waals surface area contributed by atoms with Gasteiger partial charge in [-0.1, -0.05) is 24.0 Å². The molecule has 0 saturated carbocycles. The molecule has 0 unspecified atom stereocenters. The molecular weight excluding hydrogens is 318 g/mol. The molecular formula is C12H11NO4S3. The molecule has 0 bridgehead atoms. The largest absolute Gasteiger partial charge is 0.465 e. The molecule has 0 spiro atoms. The Morgan fingerprint density at radius 2 is 2.30 bits per heavy atom. The fourth-order valence-corrected chi connectivity index (χ4v) is 5.36. The summed E-state index contributed by atoms with van der Waals surface area (Å²) >= 11 is 6.38. The number of sulfone groups is 1. The van der Waals surface area contributed by atoms with E-state index in [1.165, 1.54) is 22.9 Å². The van der Waals surface area contributed by atoms with Gasteiger partial charge in [-0.05, 0) is 18.6 Å². The molecule has 1 atom stereocenters. The first kappa shape index (κ1) is 13.8. The van der Waals surface area contributed by atoms with Crippen molar-refractivity contribution in [3.8, 4) is 0 Å². The average molecular weight is 329 g/mol. The zero-order valence-corrected chi connectivity index (χ0v) is 12.8. The number of carbonyl (C=O) groups is 1. The topological polar surface area (TPSA) is 67.6 Å². The van der Waals surface area contributed by atoms with Crippen LogP contribution in [0, 0.1) is 0 Å². The monoisotopic (exact) mass is 329 g/mol. The Morgan fingerprint density at radius 3 is 2.90 bits per heavy atom. The van der Waals surface area contributed by atoms with Gasteiger partial charge in [0.2, 0.25) is 0 Å². The number of thioether (sulfide) groups is 1. The number of rotatable bonds is 2. The summed E-state index contributed by atoms with van der Waals surface area (Å²) in [5, 5.41) is 0. The van der Waals surface area contributed by atoms with Crippen molar-refractivity contribution in [3.63, 3.8) is 0 Å². The minimum atomic E-state index is -3.05. The lowest BCUT2D eigenvalue weighted by Gasteiger charge is -2.20. The van der Waals surface area contributed by atoms with Crippen LogP contribution in [0.25, 0.3) is 6.08 Å². The van der Waals surface area contributed by atoms with Gasteiger partial charge in [-0.15, -0.1) is 0 Å². The van der Waals surface area contributed by atoms with Gasteiger partial charge < -0.3 is 4.42 Å². The van der Waals surface area contributed by atoms with E-state index in [-0.39, 0.29) is 23.5 Å². The molecule has 106 valence electrons. The predicted molar refractivity (Wildman–Crippen MR) is 80.8 cm³/mol. The van der Waals surface area contributed by atoms with Crippen LogP contribution >= 0.6 is 24.0 Å². The molecule has 2 aliphatic heterocycles. The second kappa shape index (κ2) is 5.01. The van der Waals surface area contributed by atoms with E-state index >= 15 is 0 Å². The molecule has 2 fully saturated rings. The molecule has 3 rings (SSSR count). The maximum absolute atomic E-state index is 12.4. The van der Waals surface area contributed by atoms with Gasteiger partial charge in [0.05, 0.1) is 28.7 Å². The SMILES string of the molecule is O=C1/C(=C\c2ccco2)SC(=S)N1[C@H]1CCS(=O)(=O)C1. The summed E-state index contributed by atoms with van der Waals surface area (Å²) in [4.78, 5) is 14.2. The van der Waals surface area contributed by atoms with Crippen molar-refractivity contribution in [1.29, 1.82) is 0 Å². The average Bonchev–Trinajstić information content (AvgIpc) is 3.03. The summed E-state index contributed by atoms with van der Waals surface area (Å²) in [5.41, 5.74) is 0. The predicted octanol–water partition coefficient (Wildman–Crippen LogP) is 1.67. The number of amides is 1. The van der Waals surface area contributed by atoms with Crippen LogP contribution in [0.3, 0.4) is 0 Å². The van der Waals surface area contributed by atoms with Gasteiger partial charge in [-0.2, -0.15) is 0 Å². The van der Waals surface area contributed by atoms with E-state index < -0.39 is 9.84 Å². The van der Waals surface area contributed by atoms with E-state index in [4.69, 9.17) is 16.6 Å². The summed E-state index contributed by atoms with van der Waals surface area (Å²) in [6.45, 7) is 0. The first-order chi connectivity index (χ1) is 9.46. The van der Waals surface area contributed by atoms with Crippen molar-refractivity contribution in [2.24, 2.45) is 0 Å². The number of hydrogen-bond acceptors (Lipinski definition) is 6. The lowest BCUT2D eigenvalue weighted by molar-refractivity contribution is -0.123. The molecule has 2 aliphatic rings. The number of hydrogen-bond donors (Lipinski definition) is 0. The third kappa shape index (κ3) is 2.55. The van der Waals surface area contributed by atoms with E-state index in [0.29, 0.717) is 21.4 Å². The van der Waals surface area contributed by atoms with Gasteiger partial charge in [-0.25, -0.2) is 8.42 Å². The van der Waals surface area contributed by atoms with Crippen LogP contribution in [0.2, 0.25) is 0 Å². The minimum absolute atomic E-state index is 0.00648. The van der Waals surface area contributed by atoms with Gasteiger partial charge >= 0.3 is 0 Å². The number of furan rings is 1. The second-order valence-electron chi connectivity index (χ2n) is 4.62. The highest BCUT2D eigenvalue weighted by Crippen LogP contribution is 2.36. The normalized spacial score (nSPS) is 27.7. The zero-order chi connectivity index (χ0) is 14.3. The molecule has 5 nitrogen and oxygen atoms in total. The van der Waals surface area contributed by atoms with E-state index in [9.17, 15) is 13.2 Å². The summed E-state index contributed by atoms with van der Waals surface area (Å²) < 4.78 is 28.6. The summed E-state index contributed by atoms with van der Waals surface area (Å²) in [6.07, 6.45) is 3.60. The van der Waals surface area contributed by atoms with Gasteiger partial charge in [0.25, 0.3) is 5.91 Å². The maximum Gasteiger partial charge on any atom is 0.266 e. The highest BCUT2D eigenvalue weighted by molar-refractivity contribution is 8.26. The minimum Gasteiger partial charge on any atom is -0.465 e. The van der Waals surface area contributed by atoms with Crippen LogP contribution in [-0.4, -0.2) is 41.1 Å². The highest BCUT2D eigenvalue weighted by atomic mass is 32.2. The van der Waals surface area contributed by atoms with E-state index in [2.05, 4.69) is 0 Å². The molecule has 1 aromatic rings. The van der Waals surface area contributed by atoms with Crippen molar-refractivity contribution >= 4 is 50.1 Å². The maximum atomic E-state index is 12.4. The third-order valence-corrected chi connectivity index (χ3v) is 6.29. The van der Waals surface area contributed by atoms with Crippen molar-refractivity contribution < 1.29 is 17.6 Å². The smallest absolute Gasteiger partial charge is 0.266 e. The van der Waals surface area contributed by atoms with Crippen LogP contribution in [-0.2, 0) is 14.6 Å². The quantitative estimate of drug-likeness (QED) is 0.607. The van der Waals surface area contributed by atoms with Gasteiger partial charge in [0.15, 0.2) is 9.84 Å². The van der Waals surface area contributed by atoms with Crippen LogP contribution in [0.15, 0.2) is 27.7 Å². The first-order valence-electron chi connectivity index (χ1n) is 5.97. The van der Waals surface area contributed by atoms with Crippen LogP contribution in [0.4, 0.5) is 0 Å². The van der Waals surface area contributed by atoms with Crippen molar-refractivity contribution in [1.82, 2.24) is 4.90 Å². The Kier molecular flexibility index (Phi) is 3.47.